The van der Waals surface area contributed by atoms with Crippen LogP contribution in [-0.4, -0.2) is 119 Å². The molecule has 0 saturated carbocycles. The van der Waals surface area contributed by atoms with Crippen LogP contribution in [0.3, 0.4) is 0 Å². The van der Waals surface area contributed by atoms with Crippen LogP contribution < -0.4 is 11.4 Å². The molecule has 1 saturated heterocycles. The maximum absolute atomic E-state index is 12.9. The number of anilines is 1. The zero-order valence-electron chi connectivity index (χ0n) is 44.8. The van der Waals surface area contributed by atoms with Gasteiger partial charge in [0.05, 0.1) is 31.5 Å². The van der Waals surface area contributed by atoms with Crippen molar-refractivity contribution in [2.24, 2.45) is 5.92 Å². The number of unbranched alkanes of at least 4 members (excludes halogenated alkanes) is 13. The molecule has 11 atom stereocenters. The maximum Gasteiger partial charge on any atom is 0.481 e. The summed E-state index contributed by atoms with van der Waals surface area (Å²) in [6.07, 6.45) is 26.6. The Bertz CT molecular complexity index is 2080. The number of hydrogen-bond acceptors (Lipinski definition) is 18. The van der Waals surface area contributed by atoms with Gasteiger partial charge in [0.15, 0.2) is 12.3 Å². The molecule has 0 spiro atoms. The Morgan fingerprint density at radius 3 is 1.92 bits per heavy atom. The lowest BCUT2D eigenvalue weighted by atomic mass is 9.99. The van der Waals surface area contributed by atoms with E-state index in [4.69, 9.17) is 29.0 Å². The fourth-order valence-electron chi connectivity index (χ4n) is 7.81. The number of nitrogens with zero attached hydrogens (tertiary/aromatic N) is 2. The molecule has 2 heterocycles. The van der Waals surface area contributed by atoms with Crippen molar-refractivity contribution in [3.05, 3.63) is 83.5 Å². The number of hydrogen-bond donors (Lipinski definition) is 8. The van der Waals surface area contributed by atoms with Crippen LogP contribution in [0, 0.1) is 5.92 Å². The summed E-state index contributed by atoms with van der Waals surface area (Å²) >= 11 is 0. The highest BCUT2D eigenvalue weighted by atomic mass is 31.3. The standard InChI is InChI=1S/C53H89N3O18P2/c1-4-6-23-30-42(57)31-25-20-17-18-21-26-32-44(58)45(59)33-28-35-48(60)69-38-43(72-49(61)34-27-22-16-14-12-10-8-7-9-11-13-15-19-24-29-41(3)5-2)39-70-75(65,66)74-76(67,68)71-40-46-50(62)51(63)52(73-46)56-37-36-47(54)55-53(56)64/h6,17-18,20-21,23,25-26,31-32,36-37,41-46,50-52,57-59,62-63H,4-5,7-16,19,22,24,27-30,33-35,38-40H2,1-3H3,(H,65,66)(H,67,68)(H2,54,55,64)/b20-17+,21-18-,23-6-,31-25+,32-26-/t41?,42-,43-,44+,45+,46-,50-,51-,52-/m1/s1. The highest BCUT2D eigenvalue weighted by molar-refractivity contribution is 7.61. The first-order chi connectivity index (χ1) is 36.3. The number of phosphoric acid groups is 2. The number of nitrogen functional groups attached to an aromatic ring is 1. The minimum absolute atomic E-state index is 0.00659. The van der Waals surface area contributed by atoms with E-state index in [1.54, 1.807) is 42.5 Å². The highest BCUT2D eigenvalue weighted by Gasteiger charge is 2.46. The van der Waals surface area contributed by atoms with Gasteiger partial charge < -0.3 is 55.3 Å². The number of ether oxygens (including phenoxy) is 3. The molecule has 3 unspecified atom stereocenters. The largest absolute Gasteiger partial charge is 0.481 e. The third-order valence-corrected chi connectivity index (χ3v) is 15.1. The number of allylic oxidation sites excluding steroid dienone is 7. The van der Waals surface area contributed by atoms with E-state index in [0.29, 0.717) is 12.8 Å². The molecule has 76 heavy (non-hydrogen) atoms. The molecule has 2 rings (SSSR count). The second-order valence-electron chi connectivity index (χ2n) is 19.2. The van der Waals surface area contributed by atoms with E-state index in [2.05, 4.69) is 23.1 Å². The lowest BCUT2D eigenvalue weighted by Gasteiger charge is -2.21. The van der Waals surface area contributed by atoms with E-state index in [1.807, 2.05) is 19.1 Å². The molecular formula is C53H89N3O18P2. The number of aromatic nitrogens is 2. The van der Waals surface area contributed by atoms with Crippen molar-refractivity contribution in [1.29, 1.82) is 0 Å². The number of rotatable bonds is 43. The van der Waals surface area contributed by atoms with Crippen LogP contribution in [0.1, 0.15) is 168 Å². The average molecular weight is 1120 g/mol. The van der Waals surface area contributed by atoms with Gasteiger partial charge in [-0.2, -0.15) is 9.29 Å². The summed E-state index contributed by atoms with van der Waals surface area (Å²) < 4.78 is 56.6. The van der Waals surface area contributed by atoms with Gasteiger partial charge in [-0.3, -0.25) is 23.2 Å². The van der Waals surface area contributed by atoms with Crippen LogP contribution in [0.4, 0.5) is 5.82 Å². The molecule has 1 fully saturated rings. The number of aliphatic hydroxyl groups excluding tert-OH is 5. The number of phosphoric ester groups is 2. The topological polar surface area (TPSA) is 326 Å². The fourth-order valence-corrected chi connectivity index (χ4v) is 9.92. The van der Waals surface area contributed by atoms with Gasteiger partial charge in [0.25, 0.3) is 0 Å². The second-order valence-corrected chi connectivity index (χ2v) is 22.2. The Morgan fingerprint density at radius 2 is 1.32 bits per heavy atom. The molecule has 23 heteroatoms. The Morgan fingerprint density at radius 1 is 0.750 bits per heavy atom. The molecule has 1 aromatic rings. The summed E-state index contributed by atoms with van der Waals surface area (Å²) in [5.41, 5.74) is 4.56. The van der Waals surface area contributed by atoms with E-state index in [1.165, 1.54) is 76.4 Å². The summed E-state index contributed by atoms with van der Waals surface area (Å²) in [5.74, 6) is -0.821. The van der Waals surface area contributed by atoms with Gasteiger partial charge in [-0.1, -0.05) is 178 Å². The van der Waals surface area contributed by atoms with Gasteiger partial charge in [-0.25, -0.2) is 13.9 Å². The molecule has 1 aliphatic heterocycles. The van der Waals surface area contributed by atoms with Gasteiger partial charge in [0.1, 0.15) is 30.7 Å². The first-order valence-electron chi connectivity index (χ1n) is 27.0. The fraction of sp³-hybridized carbons (Fsp3) is 0.698. The Kier molecular flexibility index (Phi) is 35.7. The second kappa shape index (κ2) is 39.7. The Hall–Kier alpha value is -3.66. The first kappa shape index (κ1) is 68.4. The highest BCUT2D eigenvalue weighted by Crippen LogP contribution is 2.60. The number of nitrogens with two attached hydrogens (primary N) is 1. The monoisotopic (exact) mass is 1120 g/mol. The molecule has 1 aromatic heterocycles. The molecule has 434 valence electrons. The zero-order valence-corrected chi connectivity index (χ0v) is 46.6. The summed E-state index contributed by atoms with van der Waals surface area (Å²) in [7, 11) is -11.0. The van der Waals surface area contributed by atoms with Gasteiger partial charge in [-0.05, 0) is 44.1 Å². The molecular weight excluding hydrogens is 1030 g/mol. The molecule has 0 radical (unpaired) electrons. The molecule has 1 aliphatic rings. The van der Waals surface area contributed by atoms with Gasteiger partial charge in [-0.15, -0.1) is 0 Å². The number of carbonyl (C=O) groups is 2. The third-order valence-electron chi connectivity index (χ3n) is 12.5. The van der Waals surface area contributed by atoms with Gasteiger partial charge in [0.2, 0.25) is 0 Å². The third kappa shape index (κ3) is 31.7. The van der Waals surface area contributed by atoms with Crippen molar-refractivity contribution < 1.29 is 81.6 Å². The molecule has 0 aliphatic carbocycles. The van der Waals surface area contributed by atoms with Crippen molar-refractivity contribution >= 4 is 33.4 Å². The first-order valence-corrected chi connectivity index (χ1v) is 30.0. The summed E-state index contributed by atoms with van der Waals surface area (Å²) in [4.78, 5) is 62.1. The average Bonchev–Trinajstić information content (AvgIpc) is 3.65. The molecule has 0 aromatic carbocycles. The smallest absolute Gasteiger partial charge is 0.462 e. The van der Waals surface area contributed by atoms with E-state index in [-0.39, 0.29) is 31.5 Å². The Labute approximate surface area is 449 Å². The van der Waals surface area contributed by atoms with Gasteiger partial charge >= 0.3 is 33.3 Å². The lowest BCUT2D eigenvalue weighted by Crippen LogP contribution is -2.36. The summed E-state index contributed by atoms with van der Waals surface area (Å²) in [5, 5.41) is 51.6. The van der Waals surface area contributed by atoms with E-state index in [9.17, 15) is 58.8 Å². The number of esters is 2. The summed E-state index contributed by atoms with van der Waals surface area (Å²) in [6, 6.07) is 1.23. The van der Waals surface area contributed by atoms with Crippen molar-refractivity contribution in [2.75, 3.05) is 25.6 Å². The number of aliphatic hydroxyl groups is 5. The lowest BCUT2D eigenvalue weighted by molar-refractivity contribution is -0.161. The van der Waals surface area contributed by atoms with E-state index in [0.717, 1.165) is 55.2 Å². The quantitative estimate of drug-likeness (QED) is 0.0100. The normalized spacial score (nSPS) is 20.9. The predicted molar refractivity (Wildman–Crippen MR) is 288 cm³/mol. The van der Waals surface area contributed by atoms with Crippen molar-refractivity contribution in [3.63, 3.8) is 0 Å². The molecule has 0 bridgehead atoms. The molecule has 21 nitrogen and oxygen atoms in total. The zero-order chi connectivity index (χ0) is 56.2. The van der Waals surface area contributed by atoms with Crippen LogP contribution in [0.25, 0.3) is 0 Å². The van der Waals surface area contributed by atoms with Crippen molar-refractivity contribution in [3.8, 4) is 0 Å². The molecule has 0 amide bonds. The molecule has 9 N–H and O–H groups in total. The SMILES string of the molecule is CC/C=C\C[C@@H](O)/C=C/C=C/C=C\C=C/[C@H](O)[C@@H](O)CCCC(=O)OC[C@H](COP(=O)(O)OP(=O)(O)OC[C@H]1O[C@@H](n2ccc(N)nc2=O)[C@H](O)[C@@H]1O)OC(=O)CCCCCCCCCCCCCCCCC(C)CC. The van der Waals surface area contributed by atoms with Crippen LogP contribution in [0.2, 0.25) is 0 Å². The van der Waals surface area contributed by atoms with Crippen LogP contribution in [0.5, 0.6) is 0 Å². The van der Waals surface area contributed by atoms with Crippen LogP contribution in [0.15, 0.2) is 77.8 Å². The van der Waals surface area contributed by atoms with E-state index < -0.39 is 102 Å². The van der Waals surface area contributed by atoms with Crippen molar-refractivity contribution in [1.82, 2.24) is 9.55 Å². The predicted octanol–water partition coefficient (Wildman–Crippen LogP) is 8.27. The van der Waals surface area contributed by atoms with Crippen LogP contribution >= 0.6 is 15.6 Å². The maximum atomic E-state index is 12.9. The van der Waals surface area contributed by atoms with Gasteiger partial charge in [0, 0.05) is 19.0 Å². The Balaban J connectivity index is 1.86. The number of carbonyl (C=O) groups excluding carboxylic acids is 2. The minimum atomic E-state index is -5.50. The summed E-state index contributed by atoms with van der Waals surface area (Å²) in [6.45, 7) is 3.98. The minimum Gasteiger partial charge on any atom is -0.462 e. The van der Waals surface area contributed by atoms with Crippen molar-refractivity contribution in [2.45, 2.75) is 211 Å². The van der Waals surface area contributed by atoms with Crippen LogP contribution in [-0.2, 0) is 46.3 Å². The van der Waals surface area contributed by atoms with E-state index >= 15 is 0 Å².